The lowest BCUT2D eigenvalue weighted by molar-refractivity contribution is 0.628. The van der Waals surface area contributed by atoms with Crippen molar-refractivity contribution in [2.24, 2.45) is 0 Å². The average Bonchev–Trinajstić information content (AvgIpc) is 2.29. The Morgan fingerprint density at radius 3 is 2.71 bits per heavy atom. The van der Waals surface area contributed by atoms with Crippen LogP contribution in [0.3, 0.4) is 0 Å². The predicted octanol–water partition coefficient (Wildman–Crippen LogP) is 3.51. The summed E-state index contributed by atoms with van der Waals surface area (Å²) in [6.07, 6.45) is 0. The lowest BCUT2D eigenvalue weighted by Gasteiger charge is -2.08. The summed E-state index contributed by atoms with van der Waals surface area (Å²) in [7, 11) is 0. The Balaban J connectivity index is 2.25. The van der Waals surface area contributed by atoms with Gasteiger partial charge in [-0.1, -0.05) is 11.6 Å². The van der Waals surface area contributed by atoms with Crippen molar-refractivity contribution in [3.8, 4) is 0 Å². The van der Waals surface area contributed by atoms with E-state index in [4.69, 9.17) is 17.3 Å². The van der Waals surface area contributed by atoms with Gasteiger partial charge < -0.3 is 11.1 Å². The van der Waals surface area contributed by atoms with Crippen LogP contribution in [-0.4, -0.2) is 4.98 Å². The second-order valence-electron chi connectivity index (χ2n) is 3.63. The molecule has 1 aromatic carbocycles. The number of nitrogens with zero attached hydrogens (tertiary/aromatic N) is 1. The Bertz CT molecular complexity index is 508. The molecular formula is C12H11ClFN3. The molecule has 3 N–H and O–H groups in total. The number of pyridine rings is 1. The molecule has 0 fully saturated rings. The molecule has 3 nitrogen and oxygen atoms in total. The molecule has 17 heavy (non-hydrogen) atoms. The molecule has 0 saturated carbocycles. The molecule has 0 amide bonds. The number of halogens is 2. The molecular weight excluding hydrogens is 241 g/mol. The van der Waals surface area contributed by atoms with Gasteiger partial charge in [-0.25, -0.2) is 9.37 Å². The van der Waals surface area contributed by atoms with Crippen molar-refractivity contribution in [1.82, 2.24) is 4.98 Å². The lowest BCUT2D eigenvalue weighted by Crippen LogP contribution is -1.98. The fourth-order valence-corrected chi connectivity index (χ4v) is 1.54. The highest BCUT2D eigenvalue weighted by Gasteiger charge is 2.03. The van der Waals surface area contributed by atoms with Gasteiger partial charge in [-0.05, 0) is 37.3 Å². The van der Waals surface area contributed by atoms with Crippen LogP contribution in [0.1, 0.15) is 5.69 Å². The summed E-state index contributed by atoms with van der Waals surface area (Å²) in [5.41, 5.74) is 7.71. The van der Waals surface area contributed by atoms with Crippen LogP contribution < -0.4 is 11.1 Å². The predicted molar refractivity (Wildman–Crippen MR) is 68.1 cm³/mol. The summed E-state index contributed by atoms with van der Waals surface area (Å²) in [5.74, 6) is 0.193. The smallest absolute Gasteiger partial charge is 0.141 e. The number of nitrogens with two attached hydrogens (primary N) is 1. The first-order chi connectivity index (χ1) is 8.06. The first-order valence-electron chi connectivity index (χ1n) is 5.01. The third-order valence-corrected chi connectivity index (χ3v) is 2.61. The highest BCUT2D eigenvalue weighted by Crippen LogP contribution is 2.22. The van der Waals surface area contributed by atoms with Crippen LogP contribution in [0.5, 0.6) is 0 Å². The van der Waals surface area contributed by atoms with Crippen molar-refractivity contribution in [2.45, 2.75) is 6.92 Å². The third kappa shape index (κ3) is 2.65. The summed E-state index contributed by atoms with van der Waals surface area (Å²) in [6.45, 7) is 1.82. The van der Waals surface area contributed by atoms with Crippen LogP contribution in [0, 0.1) is 12.7 Å². The van der Waals surface area contributed by atoms with E-state index in [1.54, 1.807) is 18.2 Å². The van der Waals surface area contributed by atoms with Crippen molar-refractivity contribution in [2.75, 3.05) is 11.1 Å². The summed E-state index contributed by atoms with van der Waals surface area (Å²) < 4.78 is 13.0. The number of benzene rings is 1. The van der Waals surface area contributed by atoms with E-state index in [0.29, 0.717) is 17.2 Å². The number of aryl methyl sites for hydroxylation is 1. The molecule has 5 heteroatoms. The van der Waals surface area contributed by atoms with E-state index in [0.717, 1.165) is 5.69 Å². The molecule has 2 rings (SSSR count). The summed E-state index contributed by atoms with van der Waals surface area (Å²) in [5, 5.41) is 3.09. The van der Waals surface area contributed by atoms with Crippen LogP contribution in [0.25, 0.3) is 0 Å². The van der Waals surface area contributed by atoms with Gasteiger partial charge in [-0.3, -0.25) is 0 Å². The van der Waals surface area contributed by atoms with Crippen LogP contribution in [0.4, 0.5) is 21.6 Å². The van der Waals surface area contributed by atoms with Crippen molar-refractivity contribution in [3.63, 3.8) is 0 Å². The monoisotopic (exact) mass is 251 g/mol. The zero-order valence-electron chi connectivity index (χ0n) is 9.17. The number of anilines is 3. The van der Waals surface area contributed by atoms with Gasteiger partial charge in [-0.15, -0.1) is 0 Å². The molecule has 0 spiro atoms. The van der Waals surface area contributed by atoms with Gasteiger partial charge in [0.2, 0.25) is 0 Å². The van der Waals surface area contributed by atoms with Gasteiger partial charge in [0.25, 0.3) is 0 Å². The number of aromatic nitrogens is 1. The molecule has 0 aliphatic heterocycles. The molecule has 0 aliphatic rings. The second kappa shape index (κ2) is 4.59. The van der Waals surface area contributed by atoms with Crippen molar-refractivity contribution < 1.29 is 4.39 Å². The zero-order chi connectivity index (χ0) is 12.4. The Kier molecular flexibility index (Phi) is 3.15. The van der Waals surface area contributed by atoms with Crippen LogP contribution in [0.15, 0.2) is 30.3 Å². The van der Waals surface area contributed by atoms with Crippen molar-refractivity contribution in [1.29, 1.82) is 0 Å². The number of nitrogens with one attached hydrogen (secondary N) is 1. The SMILES string of the molecule is Cc1nc(Nc2ccc(F)c(Cl)c2)ccc1N. The fourth-order valence-electron chi connectivity index (χ4n) is 1.36. The largest absolute Gasteiger partial charge is 0.397 e. The Morgan fingerprint density at radius 2 is 2.06 bits per heavy atom. The van der Waals surface area contributed by atoms with Crippen LogP contribution in [0.2, 0.25) is 5.02 Å². The van der Waals surface area contributed by atoms with Gasteiger partial charge in [0, 0.05) is 5.69 Å². The maximum atomic E-state index is 13.0. The van der Waals surface area contributed by atoms with Gasteiger partial charge in [0.05, 0.1) is 16.4 Å². The van der Waals surface area contributed by atoms with Crippen molar-refractivity contribution >= 4 is 28.8 Å². The molecule has 0 radical (unpaired) electrons. The van der Waals surface area contributed by atoms with Gasteiger partial charge in [-0.2, -0.15) is 0 Å². The van der Waals surface area contributed by atoms with Crippen molar-refractivity contribution in [3.05, 3.63) is 46.9 Å². The Hall–Kier alpha value is -1.81. The van der Waals surface area contributed by atoms with E-state index in [2.05, 4.69) is 10.3 Å². The minimum absolute atomic E-state index is 0.0715. The second-order valence-corrected chi connectivity index (χ2v) is 4.03. The maximum absolute atomic E-state index is 13.0. The minimum Gasteiger partial charge on any atom is -0.397 e. The summed E-state index contributed by atoms with van der Waals surface area (Å²) >= 11 is 5.68. The third-order valence-electron chi connectivity index (χ3n) is 2.32. The molecule has 88 valence electrons. The van der Waals surface area contributed by atoms with E-state index in [1.165, 1.54) is 12.1 Å². The minimum atomic E-state index is -0.446. The highest BCUT2D eigenvalue weighted by molar-refractivity contribution is 6.31. The molecule has 0 unspecified atom stereocenters. The maximum Gasteiger partial charge on any atom is 0.141 e. The quantitative estimate of drug-likeness (QED) is 0.859. The molecule has 0 atom stereocenters. The number of hydrogen-bond acceptors (Lipinski definition) is 3. The van der Waals surface area contributed by atoms with E-state index >= 15 is 0 Å². The van der Waals surface area contributed by atoms with Gasteiger partial charge >= 0.3 is 0 Å². The molecule has 0 aliphatic carbocycles. The molecule has 2 aromatic rings. The normalized spacial score (nSPS) is 10.3. The Morgan fingerprint density at radius 1 is 1.29 bits per heavy atom. The van der Waals surface area contributed by atoms with Crippen LogP contribution in [-0.2, 0) is 0 Å². The van der Waals surface area contributed by atoms with E-state index in [-0.39, 0.29) is 5.02 Å². The van der Waals surface area contributed by atoms with E-state index < -0.39 is 5.82 Å². The average molecular weight is 252 g/mol. The lowest BCUT2D eigenvalue weighted by atomic mass is 10.3. The first kappa shape index (κ1) is 11.7. The molecule has 0 bridgehead atoms. The molecule has 1 heterocycles. The van der Waals surface area contributed by atoms with Crippen LogP contribution >= 0.6 is 11.6 Å². The van der Waals surface area contributed by atoms with Gasteiger partial charge in [0.1, 0.15) is 11.6 Å². The number of rotatable bonds is 2. The summed E-state index contributed by atoms with van der Waals surface area (Å²) in [4.78, 5) is 4.25. The Labute approximate surface area is 103 Å². The zero-order valence-corrected chi connectivity index (χ0v) is 9.92. The fraction of sp³-hybridized carbons (Fsp3) is 0.0833. The number of nitrogen functional groups attached to an aromatic ring is 1. The summed E-state index contributed by atoms with van der Waals surface area (Å²) in [6, 6.07) is 7.91. The topological polar surface area (TPSA) is 50.9 Å². The highest BCUT2D eigenvalue weighted by atomic mass is 35.5. The molecule has 0 saturated heterocycles. The first-order valence-corrected chi connectivity index (χ1v) is 5.39. The number of hydrogen-bond donors (Lipinski definition) is 2. The van der Waals surface area contributed by atoms with Gasteiger partial charge in [0.15, 0.2) is 0 Å². The molecule has 1 aromatic heterocycles. The standard InChI is InChI=1S/C12H11ClFN3/c1-7-11(15)4-5-12(16-7)17-8-2-3-10(14)9(13)6-8/h2-6H,15H2,1H3,(H,16,17). The van der Waals surface area contributed by atoms with E-state index in [9.17, 15) is 4.39 Å². The van der Waals surface area contributed by atoms with E-state index in [1.807, 2.05) is 6.92 Å².